The van der Waals surface area contributed by atoms with E-state index in [1.807, 2.05) is 45.1 Å². The van der Waals surface area contributed by atoms with E-state index in [0.717, 1.165) is 49.6 Å². The summed E-state index contributed by atoms with van der Waals surface area (Å²) in [5.74, 6) is 4.28. The fraction of sp³-hybridized carbons (Fsp3) is 0.447. The number of thioether (sulfide) groups is 1. The van der Waals surface area contributed by atoms with E-state index in [0.29, 0.717) is 25.3 Å². The lowest BCUT2D eigenvalue weighted by atomic mass is 9.81. The van der Waals surface area contributed by atoms with Crippen molar-refractivity contribution in [3.05, 3.63) is 99.8 Å². The number of fused-ring (bicyclic) bond motifs is 2. The first kappa shape index (κ1) is 60.5. The predicted molar refractivity (Wildman–Crippen MR) is 283 cm³/mol. The van der Waals surface area contributed by atoms with E-state index in [4.69, 9.17) is 20.3 Å². The quantitative estimate of drug-likeness (QED) is 0.0189. The van der Waals surface area contributed by atoms with Gasteiger partial charge in [-0.1, -0.05) is 50.0 Å². The molecule has 2 fully saturated rings. The maximum Gasteiger partial charge on any atom is 0.490 e. The van der Waals surface area contributed by atoms with Crippen LogP contribution in [-0.2, 0) is 66.9 Å². The molecule has 78 heavy (non-hydrogen) atoms. The monoisotopic (exact) mass is 1180 g/mol. The third-order valence-corrected chi connectivity index (χ3v) is 19.3. The highest BCUT2D eigenvalue weighted by molar-refractivity contribution is 8.00. The van der Waals surface area contributed by atoms with Gasteiger partial charge in [0.05, 0.1) is 40.4 Å². The number of benzene rings is 2. The second-order valence-corrected chi connectivity index (χ2v) is 26.4. The van der Waals surface area contributed by atoms with E-state index in [2.05, 4.69) is 76.8 Å². The average molecular weight is 1180 g/mol. The molecule has 2 saturated heterocycles. The van der Waals surface area contributed by atoms with Crippen LogP contribution in [0.5, 0.6) is 0 Å². The third kappa shape index (κ3) is 13.9. The molecule has 1 aromatic heterocycles. The van der Waals surface area contributed by atoms with Gasteiger partial charge in [0.2, 0.25) is 23.4 Å². The number of aromatic nitrogens is 2. The van der Waals surface area contributed by atoms with Crippen molar-refractivity contribution < 1.29 is 88.2 Å². The number of carbonyl (C=O) groups is 3. The number of hydrogen-bond acceptors (Lipinski definition) is 18. The van der Waals surface area contributed by atoms with E-state index < -0.39 is 86.8 Å². The number of nitrogen functional groups attached to an aromatic ring is 1. The predicted octanol–water partition coefficient (Wildman–Crippen LogP) is 3.51. The number of nitrogens with zero attached hydrogens (tertiary/aromatic N) is 5. The lowest BCUT2D eigenvalue weighted by Gasteiger charge is -2.25. The molecule has 31 heteroatoms. The Kier molecular flexibility index (Phi) is 18.2. The van der Waals surface area contributed by atoms with Gasteiger partial charge in [-0.3, -0.25) is 32.9 Å². The van der Waals surface area contributed by atoms with Gasteiger partial charge in [-0.05, 0) is 50.6 Å². The van der Waals surface area contributed by atoms with Crippen molar-refractivity contribution >= 4 is 86.0 Å². The maximum absolute atomic E-state index is 13.4. The summed E-state index contributed by atoms with van der Waals surface area (Å²) in [6.45, 7) is 10.3. The lowest BCUT2D eigenvalue weighted by molar-refractivity contribution is -0.437. The topological polar surface area (TPSA) is 377 Å². The van der Waals surface area contributed by atoms with Crippen molar-refractivity contribution in [2.75, 3.05) is 49.2 Å². The SMILES string of the molecule is CCN1/C(=C\C=C\C2=[N+](CCCSC3CC(=O)N(CCC(=O)NCC#Cc4cn([C@H]5C[C@H](O)[C@@H](COP(=O)(O)OP(=O)(O)OP(=O)(O)O)O5)c(=O)nc4N)C3=O)c3ccccc3C2(C)C)C(C)(C)c2cc(S(=O)(=O)O)ccc21. The Hall–Kier alpha value is -5.17. The highest BCUT2D eigenvalue weighted by Gasteiger charge is 2.46. The normalized spacial score (nSPS) is 22.9. The highest BCUT2D eigenvalue weighted by Crippen LogP contribution is 2.66. The van der Waals surface area contributed by atoms with Gasteiger partial charge in [0, 0.05) is 85.2 Å². The standard InChI is InChI=1S/C47H58N7O19P3S2/c1-6-51-34-18-17-30(78(67,68)69)24-32(34)47(4,5)38(51)15-9-16-39-46(2,3)31-13-7-8-14-33(31)52(39)21-11-23-77-37-26-41(57)53(44(37)58)22-19-40(56)49-20-10-12-29-27-54(45(59)50-43(29)48)42-25-35(55)36(71-42)28-70-75(63,64)73-76(65,66)72-74(60,61)62/h7-9,13-18,24,27,35-37,42,55H,6,11,19-23,25-26,28H2,1-5H3,(H7-,48,49,50,56,59,60,61,62,63,64,65,66,67,68,69)/p+1/t35-,36+,37?,42+/m0/s1. The zero-order valence-electron chi connectivity index (χ0n) is 42.7. The fourth-order valence-corrected chi connectivity index (χ4v) is 14.3. The molecule has 422 valence electrons. The second kappa shape index (κ2) is 23.5. The number of nitrogens with two attached hydrogens (primary N) is 1. The third-order valence-electron chi connectivity index (χ3n) is 13.3. The number of carbonyl (C=O) groups excluding carboxylic acids is 3. The number of anilines is 2. The minimum Gasteiger partial charge on any atom is -0.390 e. The molecule has 3 aromatic rings. The fourth-order valence-electron chi connectivity index (χ4n) is 9.61. The van der Waals surface area contributed by atoms with E-state index in [9.17, 15) is 60.7 Å². The zero-order valence-corrected chi connectivity index (χ0v) is 47.0. The number of phosphoric acid groups is 3. The number of aliphatic hydroxyl groups excluding tert-OH is 1. The Balaban J connectivity index is 0.900. The van der Waals surface area contributed by atoms with Gasteiger partial charge in [-0.25, -0.2) is 18.5 Å². The summed E-state index contributed by atoms with van der Waals surface area (Å²) in [6, 6.07) is 12.8. The van der Waals surface area contributed by atoms with Crippen LogP contribution in [0.25, 0.3) is 0 Å². The molecule has 0 aliphatic carbocycles. The second-order valence-electron chi connectivity index (χ2n) is 19.3. The number of likely N-dealkylation sites (N-methyl/N-ethyl adjacent to an activating group) is 1. The number of allylic oxidation sites excluding steroid dienone is 4. The summed E-state index contributed by atoms with van der Waals surface area (Å²) in [6.07, 6.45) is 3.26. The number of aliphatic hydroxyl groups is 1. The van der Waals surface area contributed by atoms with Crippen molar-refractivity contribution in [1.82, 2.24) is 19.8 Å². The molecule has 4 aliphatic heterocycles. The van der Waals surface area contributed by atoms with Crippen molar-refractivity contribution in [2.45, 2.75) is 99.7 Å². The molecule has 3 unspecified atom stereocenters. The van der Waals surface area contributed by atoms with E-state index in [1.54, 1.807) is 6.07 Å². The number of rotatable bonds is 21. The molecule has 5 heterocycles. The summed E-state index contributed by atoms with van der Waals surface area (Å²) < 4.78 is 89.0. The molecule has 0 bridgehead atoms. The van der Waals surface area contributed by atoms with Crippen molar-refractivity contribution in [1.29, 1.82) is 0 Å². The number of nitrogens with one attached hydrogen (secondary N) is 1. The first-order valence-electron chi connectivity index (χ1n) is 24.1. The first-order chi connectivity index (χ1) is 36.3. The van der Waals surface area contributed by atoms with Crippen LogP contribution in [0.15, 0.2) is 82.3 Å². The zero-order chi connectivity index (χ0) is 57.3. The highest BCUT2D eigenvalue weighted by atomic mass is 32.2. The number of para-hydroxylation sites is 1. The number of likely N-dealkylation sites (tertiary alicyclic amines) is 1. The molecule has 0 radical (unpaired) electrons. The Morgan fingerprint density at radius 2 is 1.74 bits per heavy atom. The summed E-state index contributed by atoms with van der Waals surface area (Å²) in [5.41, 5.74) is 9.91. The van der Waals surface area contributed by atoms with Gasteiger partial charge in [-0.2, -0.15) is 26.6 Å². The van der Waals surface area contributed by atoms with Crippen molar-refractivity contribution in [3.63, 3.8) is 0 Å². The van der Waals surface area contributed by atoms with Gasteiger partial charge in [0.1, 0.15) is 24.7 Å². The average Bonchev–Trinajstić information content (AvgIpc) is 4.06. The number of hydrogen-bond donors (Lipinski definition) is 8. The van der Waals surface area contributed by atoms with Crippen LogP contribution in [0.3, 0.4) is 0 Å². The van der Waals surface area contributed by atoms with Gasteiger partial charge < -0.3 is 45.4 Å². The summed E-state index contributed by atoms with van der Waals surface area (Å²) in [5, 5.41) is 12.4. The number of imide groups is 1. The largest absolute Gasteiger partial charge is 0.490 e. The van der Waals surface area contributed by atoms with Crippen LogP contribution in [-0.4, -0.2) is 136 Å². The van der Waals surface area contributed by atoms with E-state index in [1.165, 1.54) is 23.9 Å². The molecular formula is C47H59N7O19P3S2+. The van der Waals surface area contributed by atoms with Crippen LogP contribution in [0.1, 0.15) is 83.2 Å². The van der Waals surface area contributed by atoms with Crippen LogP contribution in [0.4, 0.5) is 17.2 Å². The van der Waals surface area contributed by atoms with E-state index in [-0.39, 0.29) is 60.0 Å². The molecule has 3 amide bonds. The summed E-state index contributed by atoms with van der Waals surface area (Å²) >= 11 is 1.39. The van der Waals surface area contributed by atoms with Crippen LogP contribution in [0.2, 0.25) is 0 Å². The minimum atomic E-state index is -5.80. The van der Waals surface area contributed by atoms with Crippen LogP contribution < -0.4 is 21.6 Å². The molecular weight excluding hydrogens is 1120 g/mol. The molecule has 26 nitrogen and oxygen atoms in total. The molecule has 0 saturated carbocycles. The number of phosphoric ester groups is 1. The van der Waals surface area contributed by atoms with Crippen LogP contribution in [0, 0.1) is 11.8 Å². The van der Waals surface area contributed by atoms with Gasteiger partial charge in [0.15, 0.2) is 5.71 Å². The lowest BCUT2D eigenvalue weighted by Crippen LogP contribution is -2.35. The molecule has 2 aromatic carbocycles. The van der Waals surface area contributed by atoms with Crippen molar-refractivity contribution in [3.8, 4) is 11.8 Å². The summed E-state index contributed by atoms with van der Waals surface area (Å²) in [7, 11) is -21.4. The Bertz CT molecular complexity index is 3390. The maximum atomic E-state index is 13.4. The smallest absolute Gasteiger partial charge is 0.390 e. The van der Waals surface area contributed by atoms with Crippen molar-refractivity contribution in [2.24, 2.45) is 0 Å². The molecule has 0 spiro atoms. The van der Waals surface area contributed by atoms with Crippen LogP contribution >= 0.6 is 35.2 Å². The van der Waals surface area contributed by atoms with Gasteiger partial charge in [0.25, 0.3) is 10.1 Å². The number of ether oxygens (including phenoxy) is 1. The van der Waals surface area contributed by atoms with E-state index >= 15 is 0 Å². The van der Waals surface area contributed by atoms with Gasteiger partial charge in [-0.15, -0.1) is 11.8 Å². The Morgan fingerprint density at radius 3 is 2.44 bits per heavy atom. The molecule has 6 atom stereocenters. The summed E-state index contributed by atoms with van der Waals surface area (Å²) in [4.78, 5) is 95.2. The van der Waals surface area contributed by atoms with Gasteiger partial charge >= 0.3 is 29.2 Å². The number of amides is 3. The molecule has 9 N–H and O–H groups in total. The Labute approximate surface area is 452 Å². The first-order valence-corrected chi connectivity index (χ1v) is 31.1. The molecule has 4 aliphatic rings. The molecule has 7 rings (SSSR count). The minimum absolute atomic E-state index is 0.00315. The Morgan fingerprint density at radius 1 is 1.03 bits per heavy atom.